The molecule has 0 amide bonds. The first-order valence-corrected chi connectivity index (χ1v) is 5.46. The number of nitrogens with two attached hydrogens (primary N) is 1. The fourth-order valence-corrected chi connectivity index (χ4v) is 3.64. The van der Waals surface area contributed by atoms with E-state index < -0.39 is 0 Å². The SMILES string of the molecule is Cc1ccc(C23CC(N)(C2)C3)c(Cl)c1. The van der Waals surface area contributed by atoms with Crippen LogP contribution in [-0.2, 0) is 5.41 Å². The molecule has 0 radical (unpaired) electrons. The van der Waals surface area contributed by atoms with Crippen molar-refractivity contribution in [3.05, 3.63) is 34.3 Å². The predicted molar refractivity (Wildman–Crippen MR) is 58.6 cm³/mol. The highest BCUT2D eigenvalue weighted by atomic mass is 35.5. The Morgan fingerprint density at radius 2 is 1.93 bits per heavy atom. The zero-order valence-corrected chi connectivity index (χ0v) is 9.06. The lowest BCUT2D eigenvalue weighted by Crippen LogP contribution is -2.74. The molecule has 0 spiro atoms. The van der Waals surface area contributed by atoms with E-state index in [0.717, 1.165) is 24.3 Å². The van der Waals surface area contributed by atoms with E-state index >= 15 is 0 Å². The Morgan fingerprint density at radius 1 is 1.29 bits per heavy atom. The van der Waals surface area contributed by atoms with Gasteiger partial charge in [0, 0.05) is 16.0 Å². The summed E-state index contributed by atoms with van der Waals surface area (Å²) in [5, 5.41) is 0.923. The Balaban J connectivity index is 1.99. The third-order valence-electron chi connectivity index (χ3n) is 3.77. The summed E-state index contributed by atoms with van der Waals surface area (Å²) in [6, 6.07) is 6.38. The van der Waals surface area contributed by atoms with Crippen LogP contribution in [0.25, 0.3) is 0 Å². The van der Waals surface area contributed by atoms with Crippen LogP contribution in [0.2, 0.25) is 5.02 Å². The average molecular weight is 208 g/mol. The number of aryl methyl sites for hydroxylation is 1. The molecule has 3 aliphatic carbocycles. The fourth-order valence-electron chi connectivity index (χ4n) is 3.20. The van der Waals surface area contributed by atoms with Crippen molar-refractivity contribution in [2.45, 2.75) is 37.1 Å². The molecule has 0 unspecified atom stereocenters. The van der Waals surface area contributed by atoms with Gasteiger partial charge in [0.1, 0.15) is 0 Å². The van der Waals surface area contributed by atoms with E-state index in [2.05, 4.69) is 25.1 Å². The van der Waals surface area contributed by atoms with Gasteiger partial charge in [0.15, 0.2) is 0 Å². The minimum atomic E-state index is 0.161. The van der Waals surface area contributed by atoms with Gasteiger partial charge in [-0.1, -0.05) is 23.7 Å². The first-order chi connectivity index (χ1) is 6.53. The van der Waals surface area contributed by atoms with Crippen molar-refractivity contribution in [3.63, 3.8) is 0 Å². The van der Waals surface area contributed by atoms with Crippen LogP contribution in [0, 0.1) is 6.92 Å². The summed E-state index contributed by atoms with van der Waals surface area (Å²) in [5.74, 6) is 0. The lowest BCUT2D eigenvalue weighted by Gasteiger charge is -2.69. The molecular formula is C12H14ClN. The molecule has 14 heavy (non-hydrogen) atoms. The first kappa shape index (κ1) is 8.75. The predicted octanol–water partition coefficient (Wildman–Crippen LogP) is 2.78. The quantitative estimate of drug-likeness (QED) is 0.753. The minimum absolute atomic E-state index is 0.161. The summed E-state index contributed by atoms with van der Waals surface area (Å²) in [6.45, 7) is 2.07. The van der Waals surface area contributed by atoms with Gasteiger partial charge >= 0.3 is 0 Å². The van der Waals surface area contributed by atoms with E-state index in [1.54, 1.807) is 0 Å². The third-order valence-corrected chi connectivity index (χ3v) is 4.08. The maximum Gasteiger partial charge on any atom is 0.0446 e. The van der Waals surface area contributed by atoms with Crippen LogP contribution >= 0.6 is 11.6 Å². The molecule has 0 heterocycles. The van der Waals surface area contributed by atoms with E-state index in [0.29, 0.717) is 5.41 Å². The molecule has 2 N–H and O–H groups in total. The molecule has 1 nitrogen and oxygen atoms in total. The lowest BCUT2D eigenvalue weighted by molar-refractivity contribution is -0.0589. The summed E-state index contributed by atoms with van der Waals surface area (Å²) in [7, 11) is 0. The van der Waals surface area contributed by atoms with Crippen LogP contribution in [-0.4, -0.2) is 5.54 Å². The summed E-state index contributed by atoms with van der Waals surface area (Å²) >= 11 is 6.26. The summed E-state index contributed by atoms with van der Waals surface area (Å²) < 4.78 is 0. The first-order valence-electron chi connectivity index (χ1n) is 5.09. The zero-order valence-electron chi connectivity index (χ0n) is 8.31. The molecule has 4 rings (SSSR count). The van der Waals surface area contributed by atoms with Crippen molar-refractivity contribution in [2.75, 3.05) is 0 Å². The summed E-state index contributed by atoms with van der Waals surface area (Å²) in [4.78, 5) is 0. The second-order valence-electron chi connectivity index (χ2n) is 5.16. The zero-order chi connectivity index (χ0) is 9.97. The smallest absolute Gasteiger partial charge is 0.0446 e. The van der Waals surface area contributed by atoms with Gasteiger partial charge in [-0.15, -0.1) is 0 Å². The van der Waals surface area contributed by atoms with Crippen LogP contribution in [0.5, 0.6) is 0 Å². The van der Waals surface area contributed by atoms with Gasteiger partial charge in [0.05, 0.1) is 0 Å². The Morgan fingerprint density at radius 3 is 2.43 bits per heavy atom. The number of rotatable bonds is 1. The molecule has 3 aliphatic rings. The summed E-state index contributed by atoms with van der Waals surface area (Å²) in [5.41, 5.74) is 9.10. The van der Waals surface area contributed by atoms with Crippen molar-refractivity contribution in [2.24, 2.45) is 5.73 Å². The van der Waals surface area contributed by atoms with Crippen LogP contribution < -0.4 is 5.73 Å². The van der Waals surface area contributed by atoms with E-state index in [9.17, 15) is 0 Å². The average Bonchev–Trinajstić information content (AvgIpc) is 1.98. The molecule has 3 saturated carbocycles. The van der Waals surface area contributed by atoms with Gasteiger partial charge in [-0.2, -0.15) is 0 Å². The maximum atomic E-state index is 6.26. The van der Waals surface area contributed by atoms with Gasteiger partial charge in [-0.05, 0) is 43.4 Å². The Bertz CT molecular complexity index is 391. The molecule has 2 bridgehead atoms. The molecule has 0 saturated heterocycles. The highest BCUT2D eigenvalue weighted by molar-refractivity contribution is 6.31. The highest BCUT2D eigenvalue weighted by Crippen LogP contribution is 2.67. The molecule has 2 heteroatoms. The standard InChI is InChI=1S/C12H14ClN/c1-8-2-3-9(10(13)4-8)11-5-12(14,6-11)7-11/h2-4H,5-7,14H2,1H3. The second kappa shape index (κ2) is 2.34. The van der Waals surface area contributed by atoms with Gasteiger partial charge in [0.25, 0.3) is 0 Å². The molecule has 0 aliphatic heterocycles. The highest BCUT2D eigenvalue weighted by Gasteiger charge is 2.66. The van der Waals surface area contributed by atoms with Crippen molar-refractivity contribution < 1.29 is 0 Å². The van der Waals surface area contributed by atoms with Crippen LogP contribution in [0.3, 0.4) is 0 Å². The van der Waals surface area contributed by atoms with E-state index in [1.165, 1.54) is 11.1 Å². The van der Waals surface area contributed by atoms with Crippen LogP contribution in [0.4, 0.5) is 0 Å². The van der Waals surface area contributed by atoms with Gasteiger partial charge < -0.3 is 5.73 Å². The van der Waals surface area contributed by atoms with E-state index in [-0.39, 0.29) is 5.54 Å². The van der Waals surface area contributed by atoms with Crippen molar-refractivity contribution in [1.82, 2.24) is 0 Å². The van der Waals surface area contributed by atoms with E-state index in [4.69, 9.17) is 17.3 Å². The van der Waals surface area contributed by atoms with Crippen molar-refractivity contribution in [1.29, 1.82) is 0 Å². The molecule has 1 aromatic rings. The Labute approximate surface area is 89.3 Å². The number of benzene rings is 1. The van der Waals surface area contributed by atoms with Crippen molar-refractivity contribution >= 4 is 11.6 Å². The Kier molecular flexibility index (Phi) is 1.46. The number of halogens is 1. The van der Waals surface area contributed by atoms with Crippen LogP contribution in [0.1, 0.15) is 30.4 Å². The fraction of sp³-hybridized carbons (Fsp3) is 0.500. The molecule has 1 aromatic carbocycles. The number of hydrogen-bond acceptors (Lipinski definition) is 1. The maximum absolute atomic E-state index is 6.26. The Hall–Kier alpha value is -0.530. The second-order valence-corrected chi connectivity index (χ2v) is 5.56. The van der Waals surface area contributed by atoms with Crippen LogP contribution in [0.15, 0.2) is 18.2 Å². The largest absolute Gasteiger partial charge is 0.325 e. The topological polar surface area (TPSA) is 26.0 Å². The van der Waals surface area contributed by atoms with Gasteiger partial charge in [0.2, 0.25) is 0 Å². The molecular weight excluding hydrogens is 194 g/mol. The lowest BCUT2D eigenvalue weighted by atomic mass is 9.38. The van der Waals surface area contributed by atoms with E-state index in [1.807, 2.05) is 0 Å². The number of hydrogen-bond donors (Lipinski definition) is 1. The third kappa shape index (κ3) is 0.945. The molecule has 74 valence electrons. The molecule has 3 fully saturated rings. The minimum Gasteiger partial charge on any atom is -0.325 e. The van der Waals surface area contributed by atoms with Crippen molar-refractivity contribution in [3.8, 4) is 0 Å². The monoisotopic (exact) mass is 207 g/mol. The summed E-state index contributed by atoms with van der Waals surface area (Å²) in [6.07, 6.45) is 3.38. The molecule has 0 aromatic heterocycles. The van der Waals surface area contributed by atoms with Gasteiger partial charge in [-0.25, -0.2) is 0 Å². The van der Waals surface area contributed by atoms with Gasteiger partial charge in [-0.3, -0.25) is 0 Å². The normalized spacial score (nSPS) is 38.8. The molecule has 0 atom stereocenters.